The summed E-state index contributed by atoms with van der Waals surface area (Å²) in [5.74, 6) is -1.80. The summed E-state index contributed by atoms with van der Waals surface area (Å²) in [6, 6.07) is -0.739. The van der Waals surface area contributed by atoms with Gasteiger partial charge in [-0.15, -0.1) is 0 Å². The smallest absolute Gasteiger partial charge is 0.306 e. The van der Waals surface area contributed by atoms with Crippen molar-refractivity contribution < 1.29 is 38.2 Å². The van der Waals surface area contributed by atoms with Crippen LogP contribution in [0.4, 0.5) is 0 Å². The number of quaternary nitrogens is 1. The first-order chi connectivity index (χ1) is 32.6. The highest BCUT2D eigenvalue weighted by molar-refractivity contribution is 5.70. The Morgan fingerprint density at radius 3 is 1.24 bits per heavy atom. The summed E-state index contributed by atoms with van der Waals surface area (Å²) in [5.41, 5.74) is 0. The minimum Gasteiger partial charge on any atom is -0.544 e. The molecule has 0 aliphatic rings. The van der Waals surface area contributed by atoms with Gasteiger partial charge in [-0.2, -0.15) is 0 Å². The van der Waals surface area contributed by atoms with E-state index in [0.717, 1.165) is 57.8 Å². The van der Waals surface area contributed by atoms with Crippen LogP contribution in [0.3, 0.4) is 0 Å². The van der Waals surface area contributed by atoms with E-state index in [2.05, 4.69) is 86.8 Å². The second-order valence-electron chi connectivity index (χ2n) is 19.5. The number of rotatable bonds is 49. The quantitative estimate of drug-likeness (QED) is 0.0259. The molecule has 0 N–H and O–H groups in total. The summed E-state index contributed by atoms with van der Waals surface area (Å²) in [6.07, 6.45) is 63.7. The average Bonchev–Trinajstić information content (AvgIpc) is 3.29. The number of nitrogens with zero attached hydrogens (tertiary/aromatic N) is 1. The van der Waals surface area contributed by atoms with E-state index < -0.39 is 18.1 Å². The molecule has 0 amide bonds. The number of hydrogen-bond acceptors (Lipinski definition) is 7. The molecule has 0 bridgehead atoms. The van der Waals surface area contributed by atoms with E-state index in [0.29, 0.717) is 12.8 Å². The van der Waals surface area contributed by atoms with Gasteiger partial charge < -0.3 is 28.6 Å². The Morgan fingerprint density at radius 1 is 0.448 bits per heavy atom. The highest BCUT2D eigenvalue weighted by Gasteiger charge is 2.25. The van der Waals surface area contributed by atoms with Crippen molar-refractivity contribution in [1.29, 1.82) is 0 Å². The number of unbranched alkanes of at least 4 members (excludes halogenated alkanes) is 23. The Balaban J connectivity index is 4.30. The van der Waals surface area contributed by atoms with E-state index >= 15 is 0 Å². The first-order valence-electron chi connectivity index (χ1n) is 27.5. The van der Waals surface area contributed by atoms with Gasteiger partial charge in [0.1, 0.15) is 12.6 Å². The van der Waals surface area contributed by atoms with Crippen LogP contribution < -0.4 is 5.11 Å². The number of ether oxygens (including phenoxy) is 3. The molecule has 0 radical (unpaired) electrons. The summed E-state index contributed by atoms with van der Waals surface area (Å²) < 4.78 is 17.2. The molecule has 0 aliphatic carbocycles. The summed E-state index contributed by atoms with van der Waals surface area (Å²) in [5, 5.41) is 11.7. The van der Waals surface area contributed by atoms with E-state index in [1.807, 2.05) is 0 Å². The highest BCUT2D eigenvalue weighted by atomic mass is 16.6. The molecule has 0 aromatic heterocycles. The van der Waals surface area contributed by atoms with Crippen LogP contribution >= 0.6 is 0 Å². The molecule has 0 saturated carbocycles. The maximum absolute atomic E-state index is 12.8. The molecule has 2 unspecified atom stereocenters. The Kier molecular flexibility index (Phi) is 46.8. The fourth-order valence-corrected chi connectivity index (χ4v) is 7.79. The normalized spacial score (nSPS) is 13.4. The summed E-state index contributed by atoms with van der Waals surface area (Å²) in [7, 11) is 5.40. The molecule has 0 fully saturated rings. The summed E-state index contributed by atoms with van der Waals surface area (Å²) in [4.78, 5) is 37.1. The van der Waals surface area contributed by atoms with Gasteiger partial charge in [-0.3, -0.25) is 9.59 Å². The predicted octanol–water partition coefficient (Wildman–Crippen LogP) is 14.9. The lowest BCUT2D eigenvalue weighted by atomic mass is 10.0. The van der Waals surface area contributed by atoms with Crippen LogP contribution in [0.5, 0.6) is 0 Å². The van der Waals surface area contributed by atoms with Crippen molar-refractivity contribution in [3.05, 3.63) is 72.9 Å². The van der Waals surface area contributed by atoms with E-state index in [1.54, 1.807) is 21.1 Å². The Bertz CT molecular complexity index is 1320. The zero-order chi connectivity index (χ0) is 49.2. The predicted molar refractivity (Wildman–Crippen MR) is 282 cm³/mol. The maximum atomic E-state index is 12.8. The topological polar surface area (TPSA) is 102 Å². The number of aliphatic carboxylic acids is 1. The summed E-state index contributed by atoms with van der Waals surface area (Å²) >= 11 is 0. The van der Waals surface area contributed by atoms with Gasteiger partial charge in [-0.25, -0.2) is 0 Å². The molecular formula is C59H103NO7. The van der Waals surface area contributed by atoms with Gasteiger partial charge in [-0.05, 0) is 89.9 Å². The number of hydrogen-bond donors (Lipinski definition) is 0. The minimum atomic E-state index is -1.13. The van der Waals surface area contributed by atoms with Crippen molar-refractivity contribution in [2.75, 3.05) is 41.0 Å². The van der Waals surface area contributed by atoms with Crippen LogP contribution in [0.15, 0.2) is 72.9 Å². The maximum Gasteiger partial charge on any atom is 0.306 e. The van der Waals surface area contributed by atoms with Gasteiger partial charge in [-0.1, -0.05) is 196 Å². The van der Waals surface area contributed by atoms with Crippen LogP contribution in [0.25, 0.3) is 0 Å². The lowest BCUT2D eigenvalue weighted by Gasteiger charge is -2.34. The van der Waals surface area contributed by atoms with Gasteiger partial charge in [0.25, 0.3) is 0 Å². The molecule has 0 rings (SSSR count). The molecule has 0 heterocycles. The van der Waals surface area contributed by atoms with E-state index in [9.17, 15) is 19.5 Å². The first kappa shape index (κ1) is 63.8. The minimum absolute atomic E-state index is 0.0192. The molecule has 0 aromatic rings. The van der Waals surface area contributed by atoms with Crippen LogP contribution in [0, 0.1) is 0 Å². The zero-order valence-corrected chi connectivity index (χ0v) is 44.1. The van der Waals surface area contributed by atoms with Crippen molar-refractivity contribution in [3.63, 3.8) is 0 Å². The molecule has 386 valence electrons. The molecule has 8 nitrogen and oxygen atoms in total. The third-order valence-corrected chi connectivity index (χ3v) is 12.1. The SMILES string of the molecule is CCCCC/C=C/C/C=C/C/C=C/C/C=C/C/C=C/CCCCC(=O)OC(COCCC(C(=O)[O-])[N+](C)(C)C)COC(=O)CCCCCCCCC/C=C/CCCCCCCCCCCCC. The number of carboxylic acid groups (broad SMARTS) is 1. The lowest BCUT2D eigenvalue weighted by Crippen LogP contribution is -2.55. The standard InChI is InChI=1S/C59H103NO7/c1-6-8-10-12-14-16-18-20-22-24-26-28-30-31-33-35-37-39-41-43-45-47-49-57(61)66-54-55(53-65-52-51-56(59(63)64)60(3,4)5)67-58(62)50-48-46-44-42-40-38-36-34-32-29-27-25-23-21-19-17-15-13-11-9-7-2/h15,17,21,23,27,29-31,34,36,40,42,55-56H,6-14,16,18-20,22,24-26,28,32-33,35,37-39,41,43-54H2,1-5H3/b17-15+,23-21+,29-27+,31-30+,36-34+,42-40+. The van der Waals surface area contributed by atoms with Crippen LogP contribution in [0.1, 0.15) is 232 Å². The highest BCUT2D eigenvalue weighted by Crippen LogP contribution is 2.15. The molecule has 2 atom stereocenters. The van der Waals surface area contributed by atoms with Crippen molar-refractivity contribution in [2.24, 2.45) is 0 Å². The third kappa shape index (κ3) is 47.6. The Hall–Kier alpha value is -3.23. The van der Waals surface area contributed by atoms with Gasteiger partial charge in [0, 0.05) is 19.3 Å². The number of carbonyl (C=O) groups is 3. The molecular weight excluding hydrogens is 835 g/mol. The molecule has 67 heavy (non-hydrogen) atoms. The van der Waals surface area contributed by atoms with Gasteiger partial charge in [0.05, 0.1) is 40.3 Å². The second kappa shape index (κ2) is 49.2. The molecule has 0 aliphatic heterocycles. The largest absolute Gasteiger partial charge is 0.544 e. The van der Waals surface area contributed by atoms with E-state index in [1.165, 1.54) is 135 Å². The van der Waals surface area contributed by atoms with Gasteiger partial charge in [0.2, 0.25) is 0 Å². The molecule has 0 saturated heterocycles. The number of esters is 2. The number of carbonyl (C=O) groups excluding carboxylic acids is 3. The Labute approximate surface area is 412 Å². The second-order valence-corrected chi connectivity index (χ2v) is 19.5. The van der Waals surface area contributed by atoms with Gasteiger partial charge >= 0.3 is 11.9 Å². The van der Waals surface area contributed by atoms with Crippen molar-refractivity contribution in [1.82, 2.24) is 0 Å². The first-order valence-corrected chi connectivity index (χ1v) is 27.5. The molecule has 0 spiro atoms. The van der Waals surface area contributed by atoms with Crippen molar-refractivity contribution in [3.8, 4) is 0 Å². The third-order valence-electron chi connectivity index (χ3n) is 12.1. The van der Waals surface area contributed by atoms with Gasteiger partial charge in [0.15, 0.2) is 6.10 Å². The molecule has 8 heteroatoms. The van der Waals surface area contributed by atoms with Crippen LogP contribution in [-0.2, 0) is 28.6 Å². The Morgan fingerprint density at radius 2 is 0.791 bits per heavy atom. The summed E-state index contributed by atoms with van der Waals surface area (Å²) in [6.45, 7) is 4.60. The number of likely N-dealkylation sites (N-methyl/N-ethyl adjacent to an activating group) is 1. The van der Waals surface area contributed by atoms with Crippen LogP contribution in [-0.4, -0.2) is 75.5 Å². The molecule has 0 aromatic carbocycles. The fraction of sp³-hybridized carbons (Fsp3) is 0.746. The zero-order valence-electron chi connectivity index (χ0n) is 44.1. The van der Waals surface area contributed by atoms with Crippen molar-refractivity contribution in [2.45, 2.75) is 244 Å². The number of allylic oxidation sites excluding steroid dienone is 12. The van der Waals surface area contributed by atoms with Crippen molar-refractivity contribution >= 4 is 17.9 Å². The van der Waals surface area contributed by atoms with E-state index in [4.69, 9.17) is 14.2 Å². The average molecular weight is 938 g/mol. The van der Waals surface area contributed by atoms with Crippen LogP contribution in [0.2, 0.25) is 0 Å². The fourth-order valence-electron chi connectivity index (χ4n) is 7.79. The van der Waals surface area contributed by atoms with E-state index in [-0.39, 0.29) is 49.1 Å². The monoisotopic (exact) mass is 938 g/mol. The number of carboxylic acids is 1. The lowest BCUT2D eigenvalue weighted by molar-refractivity contribution is -0.889.